The molecule has 0 fully saturated rings. The number of halogens is 2. The second kappa shape index (κ2) is 5.88. The lowest BCUT2D eigenvalue weighted by Crippen LogP contribution is -2.17. The van der Waals surface area contributed by atoms with Gasteiger partial charge in [0.25, 0.3) is 5.91 Å². The Hall–Kier alpha value is -1.14. The molecule has 0 aliphatic carbocycles. The fourth-order valence-electron chi connectivity index (χ4n) is 1.77. The number of nitrogens with one attached hydrogen (secondary N) is 1. The lowest BCUT2D eigenvalue weighted by Gasteiger charge is -2.09. The summed E-state index contributed by atoms with van der Waals surface area (Å²) in [6.07, 6.45) is 3.55. The molecule has 19 heavy (non-hydrogen) atoms. The summed E-state index contributed by atoms with van der Waals surface area (Å²) < 4.78 is 3.66. The van der Waals surface area contributed by atoms with Crippen molar-refractivity contribution in [3.63, 3.8) is 0 Å². The summed E-state index contributed by atoms with van der Waals surface area (Å²) in [7, 11) is 0. The maximum absolute atomic E-state index is 12.2. The van der Waals surface area contributed by atoms with Gasteiger partial charge in [-0.15, -0.1) is 0 Å². The second-order valence-corrected chi connectivity index (χ2v) is 5.93. The van der Waals surface area contributed by atoms with Crippen molar-refractivity contribution >= 4 is 43.6 Å². The van der Waals surface area contributed by atoms with E-state index in [9.17, 15) is 4.79 Å². The number of pyridine rings is 1. The SMILES string of the molecule is CCn1cc(Br)cc1C(=O)Nc1ncc(Br)cc1C. The van der Waals surface area contributed by atoms with Crippen LogP contribution >= 0.6 is 31.9 Å². The summed E-state index contributed by atoms with van der Waals surface area (Å²) in [6.45, 7) is 4.63. The van der Waals surface area contributed by atoms with E-state index >= 15 is 0 Å². The van der Waals surface area contributed by atoms with Gasteiger partial charge in [-0.1, -0.05) is 0 Å². The second-order valence-electron chi connectivity index (χ2n) is 4.10. The molecule has 0 aliphatic rings. The number of rotatable bonds is 3. The minimum Gasteiger partial charge on any atom is -0.343 e. The molecule has 0 saturated heterocycles. The third-order valence-electron chi connectivity index (χ3n) is 2.71. The van der Waals surface area contributed by atoms with Crippen molar-refractivity contribution in [2.24, 2.45) is 0 Å². The molecule has 1 amide bonds. The first-order valence-corrected chi connectivity index (χ1v) is 7.39. The van der Waals surface area contributed by atoms with Crippen LogP contribution in [-0.2, 0) is 6.54 Å². The summed E-state index contributed by atoms with van der Waals surface area (Å²) in [5.41, 5.74) is 1.52. The quantitative estimate of drug-likeness (QED) is 0.866. The van der Waals surface area contributed by atoms with Gasteiger partial charge < -0.3 is 9.88 Å². The average molecular weight is 387 g/mol. The van der Waals surface area contributed by atoms with Crippen molar-refractivity contribution in [2.75, 3.05) is 5.32 Å². The average Bonchev–Trinajstić information content (AvgIpc) is 2.74. The van der Waals surface area contributed by atoms with Crippen LogP contribution in [0, 0.1) is 6.92 Å². The molecule has 6 heteroatoms. The largest absolute Gasteiger partial charge is 0.343 e. The number of carbonyl (C=O) groups is 1. The van der Waals surface area contributed by atoms with Crippen LogP contribution in [0.5, 0.6) is 0 Å². The number of aromatic nitrogens is 2. The predicted octanol–water partition coefficient (Wildman–Crippen LogP) is 3.99. The number of hydrogen-bond donors (Lipinski definition) is 1. The summed E-state index contributed by atoms with van der Waals surface area (Å²) in [5.74, 6) is 0.415. The van der Waals surface area contributed by atoms with Gasteiger partial charge in [0, 0.05) is 27.9 Å². The van der Waals surface area contributed by atoms with Gasteiger partial charge in [0.15, 0.2) is 0 Å². The first kappa shape index (κ1) is 14.3. The number of carbonyl (C=O) groups excluding carboxylic acids is 1. The van der Waals surface area contributed by atoms with Crippen molar-refractivity contribution in [3.05, 3.63) is 44.7 Å². The minimum atomic E-state index is -0.162. The Morgan fingerprint density at radius 2 is 2.11 bits per heavy atom. The Morgan fingerprint density at radius 1 is 1.37 bits per heavy atom. The van der Waals surface area contributed by atoms with Crippen LogP contribution in [0.25, 0.3) is 0 Å². The van der Waals surface area contributed by atoms with E-state index in [0.717, 1.165) is 21.1 Å². The number of nitrogens with zero attached hydrogens (tertiary/aromatic N) is 2. The molecule has 0 spiro atoms. The van der Waals surface area contributed by atoms with Gasteiger partial charge in [-0.05, 0) is 63.4 Å². The summed E-state index contributed by atoms with van der Waals surface area (Å²) in [6, 6.07) is 3.71. The highest BCUT2D eigenvalue weighted by Crippen LogP contribution is 2.19. The normalized spacial score (nSPS) is 10.5. The number of amides is 1. The van der Waals surface area contributed by atoms with Gasteiger partial charge in [0.2, 0.25) is 0 Å². The molecule has 0 unspecified atom stereocenters. The highest BCUT2D eigenvalue weighted by atomic mass is 79.9. The van der Waals surface area contributed by atoms with E-state index in [0.29, 0.717) is 11.5 Å². The van der Waals surface area contributed by atoms with Crippen LogP contribution in [0.3, 0.4) is 0 Å². The smallest absolute Gasteiger partial charge is 0.273 e. The van der Waals surface area contributed by atoms with E-state index in [4.69, 9.17) is 0 Å². The Labute approximate surface area is 128 Å². The number of anilines is 1. The molecule has 2 rings (SSSR count). The maximum atomic E-state index is 12.2. The summed E-state index contributed by atoms with van der Waals surface area (Å²) >= 11 is 6.73. The molecule has 0 bridgehead atoms. The molecule has 2 aromatic heterocycles. The van der Waals surface area contributed by atoms with E-state index < -0.39 is 0 Å². The zero-order chi connectivity index (χ0) is 14.0. The molecule has 2 heterocycles. The highest BCUT2D eigenvalue weighted by Gasteiger charge is 2.14. The van der Waals surface area contributed by atoms with Crippen molar-refractivity contribution < 1.29 is 4.79 Å². The Morgan fingerprint density at radius 3 is 2.74 bits per heavy atom. The zero-order valence-electron chi connectivity index (χ0n) is 10.6. The molecule has 0 atom stereocenters. The van der Waals surface area contributed by atoms with E-state index in [1.807, 2.05) is 30.7 Å². The third kappa shape index (κ3) is 3.25. The number of aryl methyl sites for hydroxylation is 2. The van der Waals surface area contributed by atoms with Crippen LogP contribution < -0.4 is 5.32 Å². The fraction of sp³-hybridized carbons (Fsp3) is 0.231. The van der Waals surface area contributed by atoms with Crippen LogP contribution in [0.15, 0.2) is 33.5 Å². The van der Waals surface area contributed by atoms with Crippen molar-refractivity contribution in [1.29, 1.82) is 0 Å². The lowest BCUT2D eigenvalue weighted by atomic mass is 10.3. The van der Waals surface area contributed by atoms with Crippen LogP contribution in [0.4, 0.5) is 5.82 Å². The van der Waals surface area contributed by atoms with Crippen LogP contribution in [-0.4, -0.2) is 15.5 Å². The van der Waals surface area contributed by atoms with Gasteiger partial charge in [-0.25, -0.2) is 4.98 Å². The van der Waals surface area contributed by atoms with Gasteiger partial charge in [0.05, 0.1) is 0 Å². The molecule has 0 aromatic carbocycles. The predicted molar refractivity (Wildman–Crippen MR) is 82.4 cm³/mol. The minimum absolute atomic E-state index is 0.162. The van der Waals surface area contributed by atoms with Crippen molar-refractivity contribution in [3.8, 4) is 0 Å². The maximum Gasteiger partial charge on any atom is 0.273 e. The molecular formula is C13H13Br2N3O. The Balaban J connectivity index is 2.25. The molecule has 1 N–H and O–H groups in total. The molecule has 2 aromatic rings. The molecular weight excluding hydrogens is 374 g/mol. The zero-order valence-corrected chi connectivity index (χ0v) is 13.7. The molecule has 100 valence electrons. The van der Waals surface area contributed by atoms with E-state index in [2.05, 4.69) is 42.2 Å². The van der Waals surface area contributed by atoms with Crippen LogP contribution in [0.1, 0.15) is 23.0 Å². The van der Waals surface area contributed by atoms with Gasteiger partial charge in [-0.3, -0.25) is 4.79 Å². The summed E-state index contributed by atoms with van der Waals surface area (Å²) in [5, 5.41) is 2.83. The van der Waals surface area contributed by atoms with Crippen molar-refractivity contribution in [1.82, 2.24) is 9.55 Å². The standard InChI is InChI=1S/C13H13Br2N3O/c1-3-18-7-10(15)5-11(18)13(19)17-12-8(2)4-9(14)6-16-12/h4-7H,3H2,1-2H3,(H,16,17,19). The summed E-state index contributed by atoms with van der Waals surface area (Å²) in [4.78, 5) is 16.4. The lowest BCUT2D eigenvalue weighted by molar-refractivity contribution is 0.101. The fourth-order valence-corrected chi connectivity index (χ4v) is 2.68. The Kier molecular flexibility index (Phi) is 4.42. The van der Waals surface area contributed by atoms with Gasteiger partial charge >= 0.3 is 0 Å². The third-order valence-corrected chi connectivity index (χ3v) is 3.58. The molecule has 0 saturated carbocycles. The Bertz CT molecular complexity index is 622. The van der Waals surface area contributed by atoms with Crippen LogP contribution in [0.2, 0.25) is 0 Å². The molecule has 4 nitrogen and oxygen atoms in total. The van der Waals surface area contributed by atoms with E-state index in [-0.39, 0.29) is 5.91 Å². The first-order chi connectivity index (χ1) is 9.01. The molecule has 0 radical (unpaired) electrons. The van der Waals surface area contributed by atoms with E-state index in [1.165, 1.54) is 0 Å². The molecule has 0 aliphatic heterocycles. The monoisotopic (exact) mass is 385 g/mol. The van der Waals surface area contributed by atoms with Gasteiger partial charge in [0.1, 0.15) is 11.5 Å². The topological polar surface area (TPSA) is 46.9 Å². The van der Waals surface area contributed by atoms with E-state index in [1.54, 1.807) is 12.3 Å². The number of hydrogen-bond acceptors (Lipinski definition) is 2. The van der Waals surface area contributed by atoms with Crippen molar-refractivity contribution in [2.45, 2.75) is 20.4 Å². The highest BCUT2D eigenvalue weighted by molar-refractivity contribution is 9.10. The first-order valence-electron chi connectivity index (χ1n) is 5.80. The van der Waals surface area contributed by atoms with Gasteiger partial charge in [-0.2, -0.15) is 0 Å².